The number of allylic oxidation sites excluding steroid dienone is 1. The van der Waals surface area contributed by atoms with Crippen LogP contribution in [0, 0.1) is 0 Å². The molecular weight excluding hydrogens is 128 g/mol. The van der Waals surface area contributed by atoms with Gasteiger partial charge in [0.15, 0.2) is 0 Å². The third-order valence-corrected chi connectivity index (χ3v) is 0.548. The van der Waals surface area contributed by atoms with Crippen LogP contribution >= 0.6 is 0 Å². The third kappa shape index (κ3) is 4.93. The maximum atomic E-state index is 11.3. The Kier molecular flexibility index (Phi) is 3.59. The van der Waals surface area contributed by atoms with Gasteiger partial charge in [-0.2, -0.15) is 8.78 Å². The molecule has 52 valence electrons. The SMILES string of the molecule is C=N/C=C(\C)OC(F)F. The predicted molar refractivity (Wildman–Crippen MR) is 30.4 cm³/mol. The van der Waals surface area contributed by atoms with Crippen LogP contribution in [0.5, 0.6) is 0 Å². The highest BCUT2D eigenvalue weighted by Gasteiger charge is 2.00. The average molecular weight is 135 g/mol. The van der Waals surface area contributed by atoms with E-state index in [-0.39, 0.29) is 5.76 Å². The average Bonchev–Trinajstić information content (AvgIpc) is 1.63. The highest BCUT2D eigenvalue weighted by molar-refractivity contribution is 5.25. The maximum Gasteiger partial charge on any atom is 0.387 e. The van der Waals surface area contributed by atoms with E-state index < -0.39 is 6.61 Å². The Balaban J connectivity index is 3.61. The van der Waals surface area contributed by atoms with Crippen LogP contribution in [0.25, 0.3) is 0 Å². The molecule has 2 nitrogen and oxygen atoms in total. The van der Waals surface area contributed by atoms with E-state index in [4.69, 9.17) is 0 Å². The van der Waals surface area contributed by atoms with E-state index in [1.807, 2.05) is 0 Å². The predicted octanol–water partition coefficient (Wildman–Crippen LogP) is 1.79. The van der Waals surface area contributed by atoms with E-state index in [0.717, 1.165) is 6.20 Å². The normalized spacial score (nSPS) is 11.8. The van der Waals surface area contributed by atoms with E-state index >= 15 is 0 Å². The van der Waals surface area contributed by atoms with Gasteiger partial charge in [-0.25, -0.2) is 0 Å². The summed E-state index contributed by atoms with van der Waals surface area (Å²) in [6.45, 7) is 1.66. The summed E-state index contributed by atoms with van der Waals surface area (Å²) in [6, 6.07) is 0. The molecule has 0 saturated heterocycles. The number of halogens is 2. The first-order valence-corrected chi connectivity index (χ1v) is 2.24. The first-order valence-electron chi connectivity index (χ1n) is 2.24. The fourth-order valence-electron chi connectivity index (χ4n) is 0.300. The minimum Gasteiger partial charge on any atom is -0.438 e. The van der Waals surface area contributed by atoms with Gasteiger partial charge in [-0.15, -0.1) is 0 Å². The summed E-state index contributed by atoms with van der Waals surface area (Å²) in [7, 11) is 0. The van der Waals surface area contributed by atoms with E-state index in [2.05, 4.69) is 16.4 Å². The van der Waals surface area contributed by atoms with E-state index in [1.54, 1.807) is 0 Å². The fraction of sp³-hybridized carbons (Fsp3) is 0.400. The topological polar surface area (TPSA) is 21.6 Å². The Bertz CT molecular complexity index is 122. The number of rotatable bonds is 3. The zero-order valence-electron chi connectivity index (χ0n) is 4.97. The minimum absolute atomic E-state index is 0.0556. The van der Waals surface area contributed by atoms with Gasteiger partial charge >= 0.3 is 6.61 Å². The number of alkyl halides is 2. The van der Waals surface area contributed by atoms with Gasteiger partial charge in [0, 0.05) is 0 Å². The number of ether oxygens (including phenoxy) is 1. The van der Waals surface area contributed by atoms with Crippen LogP contribution in [0.1, 0.15) is 6.92 Å². The van der Waals surface area contributed by atoms with Crippen LogP contribution in [-0.2, 0) is 4.74 Å². The second-order valence-corrected chi connectivity index (χ2v) is 1.30. The molecule has 4 heteroatoms. The van der Waals surface area contributed by atoms with Crippen LogP contribution in [0.15, 0.2) is 17.0 Å². The largest absolute Gasteiger partial charge is 0.438 e. The van der Waals surface area contributed by atoms with Crippen molar-refractivity contribution in [3.05, 3.63) is 12.0 Å². The molecule has 0 aromatic rings. The van der Waals surface area contributed by atoms with E-state index in [0.29, 0.717) is 0 Å². The van der Waals surface area contributed by atoms with Crippen molar-refractivity contribution in [1.29, 1.82) is 0 Å². The molecule has 0 N–H and O–H groups in total. The van der Waals surface area contributed by atoms with Gasteiger partial charge in [0.05, 0.1) is 6.20 Å². The van der Waals surface area contributed by atoms with Gasteiger partial charge in [-0.05, 0) is 13.6 Å². The van der Waals surface area contributed by atoms with Gasteiger partial charge in [-0.1, -0.05) is 0 Å². The van der Waals surface area contributed by atoms with Crippen molar-refractivity contribution >= 4 is 6.72 Å². The summed E-state index contributed by atoms with van der Waals surface area (Å²) < 4.78 is 26.5. The number of hydrogen-bond acceptors (Lipinski definition) is 2. The number of hydrogen-bond donors (Lipinski definition) is 0. The number of nitrogens with zero attached hydrogens (tertiary/aromatic N) is 1. The first kappa shape index (κ1) is 8.07. The Morgan fingerprint density at radius 2 is 2.33 bits per heavy atom. The van der Waals surface area contributed by atoms with Crippen molar-refractivity contribution in [2.24, 2.45) is 4.99 Å². The minimum atomic E-state index is -2.78. The Hall–Kier alpha value is -0.930. The summed E-state index contributed by atoms with van der Waals surface area (Å²) in [5.41, 5.74) is 0. The molecule has 0 rings (SSSR count). The summed E-state index contributed by atoms with van der Waals surface area (Å²) in [4.78, 5) is 3.22. The lowest BCUT2D eigenvalue weighted by atomic mass is 10.6. The van der Waals surface area contributed by atoms with Crippen LogP contribution in [0.3, 0.4) is 0 Å². The standard InChI is InChI=1S/C5H7F2NO/c1-4(3-8-2)9-5(6)7/h3,5H,2H2,1H3/b4-3+. The molecule has 0 aromatic carbocycles. The lowest BCUT2D eigenvalue weighted by molar-refractivity contribution is -0.0955. The Labute approximate surface area is 51.8 Å². The van der Waals surface area contributed by atoms with Gasteiger partial charge in [-0.3, -0.25) is 4.99 Å². The monoisotopic (exact) mass is 135 g/mol. The smallest absolute Gasteiger partial charge is 0.387 e. The maximum absolute atomic E-state index is 11.3. The first-order chi connectivity index (χ1) is 4.16. The summed E-state index contributed by atoms with van der Waals surface area (Å²) in [5, 5.41) is 0. The molecule has 0 fully saturated rings. The summed E-state index contributed by atoms with van der Waals surface area (Å²) >= 11 is 0. The quantitative estimate of drug-likeness (QED) is 0.427. The molecular formula is C5H7F2NO. The van der Waals surface area contributed by atoms with Gasteiger partial charge in [0.25, 0.3) is 0 Å². The lowest BCUT2D eigenvalue weighted by Gasteiger charge is -2.00. The molecule has 0 unspecified atom stereocenters. The van der Waals surface area contributed by atoms with E-state index in [9.17, 15) is 8.78 Å². The zero-order valence-corrected chi connectivity index (χ0v) is 4.97. The van der Waals surface area contributed by atoms with Crippen molar-refractivity contribution in [1.82, 2.24) is 0 Å². The van der Waals surface area contributed by atoms with Gasteiger partial charge in [0.1, 0.15) is 5.76 Å². The highest BCUT2D eigenvalue weighted by Crippen LogP contribution is 2.03. The van der Waals surface area contributed by atoms with Crippen molar-refractivity contribution in [3.63, 3.8) is 0 Å². The molecule has 0 heterocycles. The Morgan fingerprint density at radius 1 is 1.78 bits per heavy atom. The second kappa shape index (κ2) is 4.00. The molecule has 0 spiro atoms. The van der Waals surface area contributed by atoms with Gasteiger partial charge in [0.2, 0.25) is 0 Å². The molecule has 9 heavy (non-hydrogen) atoms. The molecule has 0 amide bonds. The van der Waals surface area contributed by atoms with Crippen LogP contribution < -0.4 is 0 Å². The van der Waals surface area contributed by atoms with Crippen LogP contribution in [0.4, 0.5) is 8.78 Å². The highest BCUT2D eigenvalue weighted by atomic mass is 19.3. The van der Waals surface area contributed by atoms with Crippen molar-refractivity contribution in [2.75, 3.05) is 0 Å². The molecule has 0 aliphatic carbocycles. The number of aliphatic imine (C=N–C) groups is 1. The second-order valence-electron chi connectivity index (χ2n) is 1.30. The summed E-state index contributed by atoms with van der Waals surface area (Å²) in [6.07, 6.45) is 1.12. The summed E-state index contributed by atoms with van der Waals surface area (Å²) in [5.74, 6) is 0.0556. The Morgan fingerprint density at radius 3 is 2.67 bits per heavy atom. The van der Waals surface area contributed by atoms with Crippen molar-refractivity contribution < 1.29 is 13.5 Å². The molecule has 0 atom stereocenters. The van der Waals surface area contributed by atoms with Gasteiger partial charge < -0.3 is 4.74 Å². The van der Waals surface area contributed by atoms with Crippen molar-refractivity contribution in [3.8, 4) is 0 Å². The van der Waals surface area contributed by atoms with Crippen molar-refractivity contribution in [2.45, 2.75) is 13.5 Å². The molecule has 0 aliphatic heterocycles. The van der Waals surface area contributed by atoms with Crippen LogP contribution in [0.2, 0.25) is 0 Å². The third-order valence-electron chi connectivity index (χ3n) is 0.548. The molecule has 0 saturated carbocycles. The molecule has 0 bridgehead atoms. The molecule has 0 aromatic heterocycles. The van der Waals surface area contributed by atoms with Crippen LogP contribution in [-0.4, -0.2) is 13.3 Å². The lowest BCUT2D eigenvalue weighted by Crippen LogP contribution is -1.95. The molecule has 0 aliphatic rings. The molecule has 0 radical (unpaired) electrons. The van der Waals surface area contributed by atoms with E-state index in [1.165, 1.54) is 6.92 Å². The fourth-order valence-corrected chi connectivity index (χ4v) is 0.300. The zero-order chi connectivity index (χ0) is 7.28.